The van der Waals surface area contributed by atoms with Crippen LogP contribution in [0.3, 0.4) is 0 Å². The Morgan fingerprint density at radius 3 is 2.71 bits per heavy atom. The predicted molar refractivity (Wildman–Crippen MR) is 71.3 cm³/mol. The second kappa shape index (κ2) is 7.25. The van der Waals surface area contributed by atoms with Crippen molar-refractivity contribution in [1.29, 1.82) is 0 Å². The third-order valence-electron chi connectivity index (χ3n) is 2.51. The maximum atomic E-state index is 4.98. The van der Waals surface area contributed by atoms with Crippen molar-refractivity contribution in [2.24, 2.45) is 0 Å². The maximum Gasteiger partial charge on any atom is 0.126 e. The van der Waals surface area contributed by atoms with E-state index in [1.165, 1.54) is 5.56 Å². The Morgan fingerprint density at radius 2 is 2.12 bits per heavy atom. The summed E-state index contributed by atoms with van der Waals surface area (Å²) in [6, 6.07) is 4.63. The number of aryl methyl sites for hydroxylation is 1. The number of ether oxygens (including phenoxy) is 1. The summed E-state index contributed by atoms with van der Waals surface area (Å²) in [5.74, 6) is 0.910. The molecular formula is C13H23N3O. The van der Waals surface area contributed by atoms with Crippen molar-refractivity contribution in [2.75, 3.05) is 25.6 Å². The van der Waals surface area contributed by atoms with Crippen molar-refractivity contribution in [2.45, 2.75) is 33.4 Å². The fraction of sp³-hybridized carbons (Fsp3) is 0.615. The lowest BCUT2D eigenvalue weighted by Gasteiger charge is -2.12. The number of pyridine rings is 1. The van der Waals surface area contributed by atoms with Crippen LogP contribution in [0.1, 0.15) is 25.1 Å². The zero-order chi connectivity index (χ0) is 12.7. The molecule has 0 atom stereocenters. The van der Waals surface area contributed by atoms with Crippen molar-refractivity contribution in [3.05, 3.63) is 23.4 Å². The number of rotatable bonds is 7. The quantitative estimate of drug-likeness (QED) is 0.712. The van der Waals surface area contributed by atoms with Gasteiger partial charge < -0.3 is 15.4 Å². The molecule has 0 aliphatic rings. The normalized spacial score (nSPS) is 10.9. The number of nitrogens with one attached hydrogen (secondary N) is 2. The van der Waals surface area contributed by atoms with Gasteiger partial charge in [0.15, 0.2) is 0 Å². The summed E-state index contributed by atoms with van der Waals surface area (Å²) in [7, 11) is 1.70. The molecule has 1 rings (SSSR count). The summed E-state index contributed by atoms with van der Waals surface area (Å²) in [6.45, 7) is 8.67. The summed E-state index contributed by atoms with van der Waals surface area (Å²) in [6.07, 6.45) is 0. The molecule has 0 saturated heterocycles. The molecule has 4 nitrogen and oxygen atoms in total. The fourth-order valence-corrected chi connectivity index (χ4v) is 1.47. The molecule has 0 unspecified atom stereocenters. The molecule has 2 N–H and O–H groups in total. The Balaban J connectivity index is 2.53. The van der Waals surface area contributed by atoms with E-state index in [4.69, 9.17) is 4.74 Å². The van der Waals surface area contributed by atoms with Gasteiger partial charge in [0.1, 0.15) is 5.82 Å². The average Bonchev–Trinajstić information content (AvgIpc) is 2.28. The van der Waals surface area contributed by atoms with E-state index < -0.39 is 0 Å². The van der Waals surface area contributed by atoms with E-state index in [0.29, 0.717) is 12.6 Å². The highest BCUT2D eigenvalue weighted by Crippen LogP contribution is 2.10. The molecule has 0 aliphatic carbocycles. The van der Waals surface area contributed by atoms with Gasteiger partial charge in [-0.05, 0) is 18.6 Å². The molecule has 1 heterocycles. The molecule has 0 spiro atoms. The molecule has 1 aromatic heterocycles. The molecular weight excluding hydrogens is 214 g/mol. The lowest BCUT2D eigenvalue weighted by atomic mass is 10.2. The standard InChI is InChI=1S/C13H23N3O/c1-10(2)15-9-12-5-6-13(16-11(12)3)14-7-8-17-4/h5-6,10,15H,7-9H2,1-4H3,(H,14,16). The number of nitrogens with zero attached hydrogens (tertiary/aromatic N) is 1. The van der Waals surface area contributed by atoms with Gasteiger partial charge in [-0.15, -0.1) is 0 Å². The monoisotopic (exact) mass is 237 g/mol. The third kappa shape index (κ3) is 5.15. The van der Waals surface area contributed by atoms with E-state index in [1.54, 1.807) is 7.11 Å². The molecule has 96 valence electrons. The predicted octanol–water partition coefficient (Wildman–Crippen LogP) is 1.95. The molecule has 0 saturated carbocycles. The van der Waals surface area contributed by atoms with E-state index >= 15 is 0 Å². The van der Waals surface area contributed by atoms with Gasteiger partial charge in [-0.25, -0.2) is 4.98 Å². The van der Waals surface area contributed by atoms with E-state index in [0.717, 1.165) is 24.6 Å². The van der Waals surface area contributed by atoms with E-state index in [1.807, 2.05) is 13.0 Å². The number of methoxy groups -OCH3 is 1. The first-order chi connectivity index (χ1) is 8.13. The summed E-state index contributed by atoms with van der Waals surface area (Å²) in [5.41, 5.74) is 2.32. The van der Waals surface area contributed by atoms with E-state index in [-0.39, 0.29) is 0 Å². The number of aromatic nitrogens is 1. The first-order valence-corrected chi connectivity index (χ1v) is 6.06. The van der Waals surface area contributed by atoms with Crippen LogP contribution in [0.2, 0.25) is 0 Å². The van der Waals surface area contributed by atoms with Crippen molar-refractivity contribution >= 4 is 5.82 Å². The van der Waals surface area contributed by atoms with Crippen molar-refractivity contribution in [3.8, 4) is 0 Å². The van der Waals surface area contributed by atoms with Crippen LogP contribution in [0.4, 0.5) is 5.82 Å². The molecule has 0 fully saturated rings. The fourth-order valence-electron chi connectivity index (χ4n) is 1.47. The van der Waals surface area contributed by atoms with Crippen molar-refractivity contribution in [3.63, 3.8) is 0 Å². The summed E-state index contributed by atoms with van der Waals surface area (Å²) in [4.78, 5) is 4.52. The van der Waals surface area contributed by atoms with Gasteiger partial charge in [-0.2, -0.15) is 0 Å². The molecule has 4 heteroatoms. The SMILES string of the molecule is COCCNc1ccc(CNC(C)C)c(C)n1. The third-order valence-corrected chi connectivity index (χ3v) is 2.51. The second-order valence-electron chi connectivity index (χ2n) is 4.40. The van der Waals surface area contributed by atoms with E-state index in [2.05, 4.69) is 35.5 Å². The second-order valence-corrected chi connectivity index (χ2v) is 4.40. The smallest absolute Gasteiger partial charge is 0.126 e. The molecule has 0 radical (unpaired) electrons. The summed E-state index contributed by atoms with van der Waals surface area (Å²) >= 11 is 0. The molecule has 0 bridgehead atoms. The number of anilines is 1. The Bertz CT molecular complexity index is 339. The van der Waals surface area contributed by atoms with Gasteiger partial charge in [-0.1, -0.05) is 19.9 Å². The van der Waals surface area contributed by atoms with Crippen molar-refractivity contribution in [1.82, 2.24) is 10.3 Å². The Labute approximate surface area is 104 Å². The highest BCUT2D eigenvalue weighted by atomic mass is 16.5. The first-order valence-electron chi connectivity index (χ1n) is 6.06. The lowest BCUT2D eigenvalue weighted by Crippen LogP contribution is -2.22. The molecule has 17 heavy (non-hydrogen) atoms. The molecule has 1 aromatic rings. The highest BCUT2D eigenvalue weighted by molar-refractivity contribution is 5.38. The van der Waals surface area contributed by atoms with Gasteiger partial charge >= 0.3 is 0 Å². The first kappa shape index (κ1) is 13.9. The molecule has 0 amide bonds. The van der Waals surface area contributed by atoms with Gasteiger partial charge in [0.25, 0.3) is 0 Å². The maximum absolute atomic E-state index is 4.98. The lowest BCUT2D eigenvalue weighted by molar-refractivity contribution is 0.210. The van der Waals surface area contributed by atoms with Crippen LogP contribution in [-0.2, 0) is 11.3 Å². The molecule has 0 aliphatic heterocycles. The van der Waals surface area contributed by atoms with Gasteiger partial charge in [0, 0.05) is 31.9 Å². The minimum absolute atomic E-state index is 0.494. The number of hydrogen-bond acceptors (Lipinski definition) is 4. The zero-order valence-electron chi connectivity index (χ0n) is 11.2. The highest BCUT2D eigenvalue weighted by Gasteiger charge is 2.02. The Hall–Kier alpha value is -1.13. The van der Waals surface area contributed by atoms with Crippen LogP contribution < -0.4 is 10.6 Å². The van der Waals surface area contributed by atoms with Crippen LogP contribution in [0.15, 0.2) is 12.1 Å². The van der Waals surface area contributed by atoms with Crippen molar-refractivity contribution < 1.29 is 4.74 Å². The van der Waals surface area contributed by atoms with Gasteiger partial charge in [-0.3, -0.25) is 0 Å². The largest absolute Gasteiger partial charge is 0.383 e. The Kier molecular flexibility index (Phi) is 5.94. The minimum Gasteiger partial charge on any atom is -0.383 e. The minimum atomic E-state index is 0.494. The van der Waals surface area contributed by atoms with Crippen LogP contribution in [-0.4, -0.2) is 31.3 Å². The van der Waals surface area contributed by atoms with Gasteiger partial charge in [0.2, 0.25) is 0 Å². The Morgan fingerprint density at radius 1 is 1.35 bits per heavy atom. The van der Waals surface area contributed by atoms with Crippen LogP contribution in [0.5, 0.6) is 0 Å². The zero-order valence-corrected chi connectivity index (χ0v) is 11.2. The average molecular weight is 237 g/mol. The van der Waals surface area contributed by atoms with E-state index in [9.17, 15) is 0 Å². The summed E-state index contributed by atoms with van der Waals surface area (Å²) in [5, 5.41) is 6.62. The summed E-state index contributed by atoms with van der Waals surface area (Å²) < 4.78 is 4.98. The topological polar surface area (TPSA) is 46.2 Å². The van der Waals surface area contributed by atoms with Crippen LogP contribution in [0, 0.1) is 6.92 Å². The van der Waals surface area contributed by atoms with Crippen LogP contribution in [0.25, 0.3) is 0 Å². The van der Waals surface area contributed by atoms with Crippen LogP contribution >= 0.6 is 0 Å². The molecule has 0 aromatic carbocycles. The van der Waals surface area contributed by atoms with Gasteiger partial charge in [0.05, 0.1) is 6.61 Å². The number of hydrogen-bond donors (Lipinski definition) is 2.